The first-order chi connectivity index (χ1) is 20.0. The lowest BCUT2D eigenvalue weighted by Gasteiger charge is -2.45. The van der Waals surface area contributed by atoms with Crippen molar-refractivity contribution in [1.82, 2.24) is 25.2 Å². The van der Waals surface area contributed by atoms with E-state index >= 15 is 0 Å². The fourth-order valence-electron chi connectivity index (χ4n) is 4.24. The predicted molar refractivity (Wildman–Crippen MR) is 146 cm³/mol. The molecular weight excluding hydrogens is 594 g/mol. The Morgan fingerprint density at radius 3 is 2.19 bits per heavy atom. The van der Waals surface area contributed by atoms with Crippen molar-refractivity contribution < 1.29 is 52.5 Å². The minimum Gasteiger partial charge on any atom is -0.463 e. The van der Waals surface area contributed by atoms with Gasteiger partial charge in [-0.2, -0.15) is 0 Å². The number of carbonyl (C=O) groups is 6. The number of nitrogens with one attached hydrogen (secondary N) is 1. The van der Waals surface area contributed by atoms with Crippen LogP contribution in [0.3, 0.4) is 0 Å². The van der Waals surface area contributed by atoms with Crippen LogP contribution in [0.15, 0.2) is 6.20 Å². The summed E-state index contributed by atoms with van der Waals surface area (Å²) >= 11 is 5.78. The van der Waals surface area contributed by atoms with E-state index in [4.69, 9.17) is 35.3 Å². The van der Waals surface area contributed by atoms with Crippen LogP contribution in [-0.2, 0) is 59.0 Å². The molecule has 1 aliphatic heterocycles. The maximum absolute atomic E-state index is 12.5. The van der Waals surface area contributed by atoms with Gasteiger partial charge >= 0.3 is 23.9 Å². The van der Waals surface area contributed by atoms with Gasteiger partial charge in [-0.15, -0.1) is 16.7 Å². The van der Waals surface area contributed by atoms with Gasteiger partial charge in [-0.3, -0.25) is 28.8 Å². The van der Waals surface area contributed by atoms with Gasteiger partial charge in [0.15, 0.2) is 18.4 Å². The molecule has 17 heteroatoms. The number of hydrogen-bond donors (Lipinski definition) is 1. The Labute approximate surface area is 253 Å². The Hall–Kier alpha value is -3.79. The summed E-state index contributed by atoms with van der Waals surface area (Å²) in [4.78, 5) is 73.8. The van der Waals surface area contributed by atoms with Crippen LogP contribution in [0.1, 0.15) is 66.8 Å². The normalized spacial score (nSPS) is 21.7. The molecule has 0 spiro atoms. The summed E-state index contributed by atoms with van der Waals surface area (Å²) in [6, 6.07) is -1.15. The van der Waals surface area contributed by atoms with E-state index in [2.05, 4.69) is 15.6 Å². The standard InChI is InChI=1S/C26H38ClN5O11/c1-14(33)28-22-24(41-17(4)36)23(40-16(3)35)19(13-39-15(2)34)42-25(22)32-12-18(29-30-32)11-31(20(37)10-27)9-8-21(38)43-26(5,6)7/h12,19,22-25H,8-11,13H2,1-7H3,(H,28,33)/t19-,22-,23-,24-,25-/m1/s1. The number of amides is 2. The van der Waals surface area contributed by atoms with E-state index in [1.807, 2.05) is 0 Å². The summed E-state index contributed by atoms with van der Waals surface area (Å²) in [5.74, 6) is -3.98. The fraction of sp³-hybridized carbons (Fsp3) is 0.692. The maximum Gasteiger partial charge on any atom is 0.308 e. The molecule has 43 heavy (non-hydrogen) atoms. The largest absolute Gasteiger partial charge is 0.463 e. The van der Waals surface area contributed by atoms with Gasteiger partial charge in [0.2, 0.25) is 11.8 Å². The number of ether oxygens (including phenoxy) is 5. The third-order valence-corrected chi connectivity index (χ3v) is 5.96. The Morgan fingerprint density at radius 1 is 1.02 bits per heavy atom. The molecule has 1 N–H and O–H groups in total. The van der Waals surface area contributed by atoms with Gasteiger partial charge in [0.1, 0.15) is 35.9 Å². The minimum absolute atomic E-state index is 0.00910. The van der Waals surface area contributed by atoms with Crippen molar-refractivity contribution >= 4 is 47.3 Å². The topological polar surface area (TPSA) is 195 Å². The first-order valence-corrected chi connectivity index (χ1v) is 13.9. The van der Waals surface area contributed by atoms with E-state index in [9.17, 15) is 28.8 Å². The molecule has 0 aromatic carbocycles. The van der Waals surface area contributed by atoms with Crippen LogP contribution in [-0.4, -0.2) is 105 Å². The molecule has 1 fully saturated rings. The first kappa shape index (κ1) is 35.4. The van der Waals surface area contributed by atoms with Crippen molar-refractivity contribution in [3.05, 3.63) is 11.9 Å². The van der Waals surface area contributed by atoms with Crippen LogP contribution in [0.4, 0.5) is 0 Å². The second-order valence-corrected chi connectivity index (χ2v) is 11.0. The van der Waals surface area contributed by atoms with E-state index in [1.54, 1.807) is 20.8 Å². The summed E-state index contributed by atoms with van der Waals surface area (Å²) in [5.41, 5.74) is -0.437. The number of alkyl halides is 1. The summed E-state index contributed by atoms with van der Waals surface area (Å²) in [5, 5.41) is 10.8. The highest BCUT2D eigenvalue weighted by Crippen LogP contribution is 2.32. The van der Waals surface area contributed by atoms with E-state index in [0.29, 0.717) is 0 Å². The van der Waals surface area contributed by atoms with Crippen molar-refractivity contribution in [1.29, 1.82) is 0 Å². The second kappa shape index (κ2) is 15.6. The van der Waals surface area contributed by atoms with E-state index in [1.165, 1.54) is 29.6 Å². The number of hydrogen-bond acceptors (Lipinski definition) is 13. The zero-order valence-corrected chi connectivity index (χ0v) is 25.9. The van der Waals surface area contributed by atoms with Gasteiger partial charge < -0.3 is 33.9 Å². The molecule has 0 bridgehead atoms. The van der Waals surface area contributed by atoms with Gasteiger partial charge in [0, 0.05) is 34.2 Å². The van der Waals surface area contributed by atoms with Crippen LogP contribution < -0.4 is 5.32 Å². The highest BCUT2D eigenvalue weighted by Gasteiger charge is 2.51. The number of esters is 4. The Bertz CT molecular complexity index is 1180. The zero-order valence-electron chi connectivity index (χ0n) is 25.2. The third kappa shape index (κ3) is 11.4. The van der Waals surface area contributed by atoms with Gasteiger partial charge in [0.05, 0.1) is 19.2 Å². The molecular formula is C26H38ClN5O11. The van der Waals surface area contributed by atoms with Crippen LogP contribution in [0.5, 0.6) is 0 Å². The molecule has 1 saturated heterocycles. The van der Waals surface area contributed by atoms with Crippen LogP contribution in [0.2, 0.25) is 0 Å². The molecule has 2 heterocycles. The molecule has 5 atom stereocenters. The smallest absolute Gasteiger partial charge is 0.308 e. The number of carbonyl (C=O) groups excluding carboxylic acids is 6. The molecule has 16 nitrogen and oxygen atoms in total. The monoisotopic (exact) mass is 631 g/mol. The molecule has 1 aromatic heterocycles. The molecule has 0 unspecified atom stereocenters. The maximum atomic E-state index is 12.5. The lowest BCUT2D eigenvalue weighted by molar-refractivity contribution is -0.239. The lowest BCUT2D eigenvalue weighted by Crippen LogP contribution is -2.64. The average molecular weight is 632 g/mol. The van der Waals surface area contributed by atoms with Crippen LogP contribution >= 0.6 is 11.6 Å². The number of rotatable bonds is 12. The van der Waals surface area contributed by atoms with Crippen LogP contribution in [0, 0.1) is 0 Å². The molecule has 240 valence electrons. The van der Waals surface area contributed by atoms with Crippen molar-refractivity contribution in [2.75, 3.05) is 19.0 Å². The summed E-state index contributed by atoms with van der Waals surface area (Å²) < 4.78 is 28.6. The van der Waals surface area contributed by atoms with E-state index in [0.717, 1.165) is 13.8 Å². The predicted octanol–water partition coefficient (Wildman–Crippen LogP) is 0.406. The molecule has 2 rings (SSSR count). The molecule has 2 amide bonds. The van der Waals surface area contributed by atoms with Crippen molar-refractivity contribution in [2.45, 2.75) is 97.6 Å². The summed E-state index contributed by atoms with van der Waals surface area (Å²) in [6.45, 7) is 9.35. The Kier molecular flexibility index (Phi) is 12.9. The van der Waals surface area contributed by atoms with Crippen molar-refractivity contribution in [3.63, 3.8) is 0 Å². The van der Waals surface area contributed by atoms with Gasteiger partial charge in [-0.25, -0.2) is 4.68 Å². The van der Waals surface area contributed by atoms with Crippen molar-refractivity contribution in [2.24, 2.45) is 0 Å². The zero-order chi connectivity index (χ0) is 32.5. The number of halogens is 1. The van der Waals surface area contributed by atoms with Gasteiger partial charge in [-0.05, 0) is 20.8 Å². The Balaban J connectivity index is 2.41. The molecule has 1 aliphatic rings. The lowest BCUT2D eigenvalue weighted by atomic mass is 9.95. The molecule has 0 saturated carbocycles. The number of aromatic nitrogens is 3. The SMILES string of the molecule is CC(=O)N[C@@H]1[C@@H](OC(C)=O)[C@H](OC(C)=O)[C@@H](COC(C)=O)O[C@H]1n1cc(CN(CCC(=O)OC(C)(C)C)C(=O)CCl)nn1. The van der Waals surface area contributed by atoms with Crippen LogP contribution in [0.25, 0.3) is 0 Å². The Morgan fingerprint density at radius 2 is 1.65 bits per heavy atom. The average Bonchev–Trinajstić information content (AvgIpc) is 3.33. The van der Waals surface area contributed by atoms with Gasteiger partial charge in [-0.1, -0.05) is 5.21 Å². The molecule has 1 aromatic rings. The van der Waals surface area contributed by atoms with Crippen molar-refractivity contribution in [3.8, 4) is 0 Å². The second-order valence-electron chi connectivity index (χ2n) is 10.7. The van der Waals surface area contributed by atoms with E-state index in [-0.39, 0.29) is 31.1 Å². The summed E-state index contributed by atoms with van der Waals surface area (Å²) in [6.07, 6.45) is -3.60. The quantitative estimate of drug-likeness (QED) is 0.189. The fourth-order valence-corrected chi connectivity index (χ4v) is 4.40. The highest BCUT2D eigenvalue weighted by molar-refractivity contribution is 6.27. The van der Waals surface area contributed by atoms with Gasteiger partial charge in [0.25, 0.3) is 0 Å². The number of nitrogens with zero attached hydrogens (tertiary/aromatic N) is 4. The highest BCUT2D eigenvalue weighted by atomic mass is 35.5. The first-order valence-electron chi connectivity index (χ1n) is 13.4. The summed E-state index contributed by atoms with van der Waals surface area (Å²) in [7, 11) is 0. The third-order valence-electron chi connectivity index (χ3n) is 5.73. The van der Waals surface area contributed by atoms with E-state index < -0.39 is 78.5 Å². The minimum atomic E-state index is -1.29. The molecule has 0 radical (unpaired) electrons. The molecule has 0 aliphatic carbocycles.